The Kier molecular flexibility index (Phi) is 9.16. The molecule has 1 heterocycles. The highest BCUT2D eigenvalue weighted by Gasteiger charge is 2.37. The predicted molar refractivity (Wildman–Crippen MR) is 117 cm³/mol. The second-order valence-electron chi connectivity index (χ2n) is 8.74. The number of carbonyl (C=O) groups excluding carboxylic acids is 1. The minimum atomic E-state index is -2.72. The summed E-state index contributed by atoms with van der Waals surface area (Å²) in [5.41, 5.74) is -8.89. The van der Waals surface area contributed by atoms with E-state index in [1.165, 1.54) is 0 Å². The van der Waals surface area contributed by atoms with E-state index in [2.05, 4.69) is 5.10 Å². The van der Waals surface area contributed by atoms with Crippen LogP contribution in [0.4, 0.5) is 83.4 Å². The SMILES string of the molecule is Fc1c(F)c(F)c(-c2[nH]nc3c(F)c(F)c(F)c(F)c23)c(F)c1F.O=C(c1c(F)c(F)c(F)c(F)c1F)c1c(F)c(F)c(F)c(F)c1F. The third-order valence-corrected chi connectivity index (χ3v) is 6.11. The number of halogens is 19. The maximum atomic E-state index is 13.8. The van der Waals surface area contributed by atoms with Crippen molar-refractivity contribution in [2.45, 2.75) is 0 Å². The van der Waals surface area contributed by atoms with Gasteiger partial charge in [0.15, 0.2) is 93.1 Å². The predicted octanol–water partition coefficient (Wildman–Crippen LogP) is 8.79. The monoisotopic (exact) mass is 718 g/mol. The van der Waals surface area contributed by atoms with Crippen LogP contribution < -0.4 is 0 Å². The number of fused-ring (bicyclic) bond motifs is 1. The number of benzene rings is 4. The molecule has 0 aliphatic heterocycles. The van der Waals surface area contributed by atoms with Gasteiger partial charge in [-0.15, -0.1) is 0 Å². The van der Waals surface area contributed by atoms with Crippen LogP contribution in [-0.4, -0.2) is 16.0 Å². The van der Waals surface area contributed by atoms with E-state index in [1.54, 1.807) is 5.10 Å². The van der Waals surface area contributed by atoms with Gasteiger partial charge in [0.2, 0.25) is 23.2 Å². The molecule has 22 heteroatoms. The number of aromatic nitrogens is 2. The van der Waals surface area contributed by atoms with E-state index in [0.717, 1.165) is 0 Å². The topological polar surface area (TPSA) is 45.8 Å². The lowest BCUT2D eigenvalue weighted by Crippen LogP contribution is -2.18. The van der Waals surface area contributed by atoms with Gasteiger partial charge in [0.1, 0.15) is 16.6 Å². The molecule has 3 nitrogen and oxygen atoms in total. The molecule has 0 spiro atoms. The van der Waals surface area contributed by atoms with Crippen molar-refractivity contribution in [1.82, 2.24) is 10.2 Å². The minimum Gasteiger partial charge on any atom is -0.288 e. The summed E-state index contributed by atoms with van der Waals surface area (Å²) in [4.78, 5) is 11.7. The zero-order valence-corrected chi connectivity index (χ0v) is 21.5. The Hall–Kier alpha value is -5.31. The molecule has 48 heavy (non-hydrogen) atoms. The van der Waals surface area contributed by atoms with Gasteiger partial charge in [-0.25, -0.2) is 83.4 Å². The Labute approximate surface area is 248 Å². The molecular formula is C26HF19N2O. The second kappa shape index (κ2) is 12.4. The summed E-state index contributed by atoms with van der Waals surface area (Å²) >= 11 is 0. The van der Waals surface area contributed by atoms with Crippen molar-refractivity contribution in [2.24, 2.45) is 0 Å². The summed E-state index contributed by atoms with van der Waals surface area (Å²) in [5.74, 6) is -50.4. The Morgan fingerprint density at radius 2 is 0.625 bits per heavy atom. The smallest absolute Gasteiger partial charge is 0.205 e. The van der Waals surface area contributed by atoms with Gasteiger partial charge in [-0.1, -0.05) is 0 Å². The van der Waals surface area contributed by atoms with Crippen LogP contribution in [0.3, 0.4) is 0 Å². The van der Waals surface area contributed by atoms with E-state index in [0.29, 0.717) is 0 Å². The van der Waals surface area contributed by atoms with Gasteiger partial charge in [0.05, 0.1) is 16.6 Å². The number of hydrogen-bond donors (Lipinski definition) is 1. The average Bonchev–Trinajstić information content (AvgIpc) is 3.49. The van der Waals surface area contributed by atoms with Crippen LogP contribution in [0.15, 0.2) is 0 Å². The normalized spacial score (nSPS) is 11.3. The van der Waals surface area contributed by atoms with Crippen LogP contribution in [0.5, 0.6) is 0 Å². The average molecular weight is 718 g/mol. The Bertz CT molecular complexity index is 2050. The summed E-state index contributed by atoms with van der Waals surface area (Å²) in [6, 6.07) is 0. The molecule has 0 unspecified atom stereocenters. The van der Waals surface area contributed by atoms with Crippen molar-refractivity contribution < 1.29 is 88.2 Å². The van der Waals surface area contributed by atoms with Crippen LogP contribution in [0.2, 0.25) is 0 Å². The highest BCUT2D eigenvalue weighted by molar-refractivity contribution is 6.09. The first-order chi connectivity index (χ1) is 22.2. The van der Waals surface area contributed by atoms with Crippen molar-refractivity contribution in [2.75, 3.05) is 0 Å². The molecule has 0 bridgehead atoms. The van der Waals surface area contributed by atoms with Crippen LogP contribution in [0.25, 0.3) is 22.2 Å². The number of carbonyl (C=O) groups is 1. The Balaban J connectivity index is 0.000000217. The fraction of sp³-hybridized carbons (Fsp3) is 0. The largest absolute Gasteiger partial charge is 0.288 e. The van der Waals surface area contributed by atoms with Gasteiger partial charge in [-0.3, -0.25) is 9.89 Å². The molecule has 0 radical (unpaired) electrons. The van der Waals surface area contributed by atoms with E-state index in [1.807, 2.05) is 0 Å². The summed E-state index contributed by atoms with van der Waals surface area (Å²) in [7, 11) is 0. The number of H-pyrrole nitrogens is 1. The molecule has 0 aliphatic carbocycles. The minimum absolute atomic E-state index is 1.22. The van der Waals surface area contributed by atoms with Crippen LogP contribution in [-0.2, 0) is 0 Å². The quantitative estimate of drug-likeness (QED) is 0.0878. The molecule has 0 fully saturated rings. The van der Waals surface area contributed by atoms with Crippen molar-refractivity contribution in [1.29, 1.82) is 0 Å². The number of nitrogens with one attached hydrogen (secondary N) is 1. The van der Waals surface area contributed by atoms with E-state index in [-0.39, 0.29) is 0 Å². The molecule has 1 N–H and O–H groups in total. The fourth-order valence-electron chi connectivity index (χ4n) is 3.86. The first kappa shape index (κ1) is 35.5. The van der Waals surface area contributed by atoms with E-state index in [9.17, 15) is 88.2 Å². The van der Waals surface area contributed by atoms with Gasteiger partial charge in [-0.2, -0.15) is 5.10 Å². The van der Waals surface area contributed by atoms with Gasteiger partial charge < -0.3 is 0 Å². The molecule has 0 saturated heterocycles. The van der Waals surface area contributed by atoms with Crippen LogP contribution in [0, 0.1) is 111 Å². The molecule has 1 aromatic heterocycles. The standard InChI is InChI=1S/C13F10O.C13HF9N2/c14-3-1(4(15)8(19)11(22)7(3)18)13(24)2-5(16)9(20)12(23)10(21)6(2)17;14-3-1(4(15)7(18)9(20)6(3)17)12-2-5(16)8(19)10(21)11(22)13(2)24-23-12/h;(H,23,24). The molecular weight excluding hydrogens is 717 g/mol. The summed E-state index contributed by atoms with van der Waals surface area (Å²) in [6.45, 7) is 0. The zero-order chi connectivity index (χ0) is 36.4. The Morgan fingerprint density at radius 3 is 0.979 bits per heavy atom. The van der Waals surface area contributed by atoms with Gasteiger partial charge >= 0.3 is 0 Å². The zero-order valence-electron chi connectivity index (χ0n) is 21.5. The first-order valence-corrected chi connectivity index (χ1v) is 11.5. The summed E-state index contributed by atoms with van der Waals surface area (Å²) in [5, 5.41) is 3.31. The summed E-state index contributed by atoms with van der Waals surface area (Å²) in [6.07, 6.45) is 0. The Morgan fingerprint density at radius 1 is 0.354 bits per heavy atom. The van der Waals surface area contributed by atoms with E-state index in [4.69, 9.17) is 0 Å². The molecule has 4 aromatic carbocycles. The van der Waals surface area contributed by atoms with Crippen molar-refractivity contribution in [3.63, 3.8) is 0 Å². The molecule has 5 aromatic rings. The first-order valence-electron chi connectivity index (χ1n) is 11.5. The number of ketones is 1. The lowest BCUT2D eigenvalue weighted by molar-refractivity contribution is 0.101. The fourth-order valence-corrected chi connectivity index (χ4v) is 3.86. The summed E-state index contributed by atoms with van der Waals surface area (Å²) < 4.78 is 252. The highest BCUT2D eigenvalue weighted by Crippen LogP contribution is 2.37. The number of rotatable bonds is 3. The van der Waals surface area contributed by atoms with E-state index < -0.39 is 150 Å². The lowest BCUT2D eigenvalue weighted by Gasteiger charge is -2.10. The number of hydrogen-bond acceptors (Lipinski definition) is 2. The van der Waals surface area contributed by atoms with Crippen LogP contribution >= 0.6 is 0 Å². The molecule has 0 amide bonds. The molecule has 254 valence electrons. The van der Waals surface area contributed by atoms with Gasteiger partial charge in [0.25, 0.3) is 0 Å². The van der Waals surface area contributed by atoms with Crippen molar-refractivity contribution >= 4 is 16.7 Å². The molecule has 5 rings (SSSR count). The number of nitrogens with zero attached hydrogens (tertiary/aromatic N) is 1. The molecule has 0 aliphatic rings. The highest BCUT2D eigenvalue weighted by atomic mass is 19.2. The van der Waals surface area contributed by atoms with Crippen molar-refractivity contribution in [3.05, 3.63) is 122 Å². The van der Waals surface area contributed by atoms with Crippen molar-refractivity contribution in [3.8, 4) is 11.3 Å². The lowest BCUT2D eigenvalue weighted by atomic mass is 9.99. The van der Waals surface area contributed by atoms with Crippen LogP contribution in [0.1, 0.15) is 15.9 Å². The van der Waals surface area contributed by atoms with E-state index >= 15 is 0 Å². The third-order valence-electron chi connectivity index (χ3n) is 6.11. The second-order valence-corrected chi connectivity index (χ2v) is 8.74. The van der Waals surface area contributed by atoms with Gasteiger partial charge in [0, 0.05) is 0 Å². The van der Waals surface area contributed by atoms with Gasteiger partial charge in [-0.05, 0) is 0 Å². The number of aromatic amines is 1. The molecule has 0 saturated carbocycles. The maximum absolute atomic E-state index is 13.8. The molecule has 0 atom stereocenters. The maximum Gasteiger partial charge on any atom is 0.205 e. The third kappa shape index (κ3) is 5.14.